The molecule has 1 aliphatic heterocycles. The van der Waals surface area contributed by atoms with E-state index >= 15 is 0 Å². The molecule has 21 heavy (non-hydrogen) atoms. The van der Waals surface area contributed by atoms with Crippen LogP contribution in [-0.4, -0.2) is 27.7 Å². The zero-order chi connectivity index (χ0) is 15.4. The Morgan fingerprint density at radius 1 is 1.24 bits per heavy atom. The van der Waals surface area contributed by atoms with Crippen molar-refractivity contribution in [3.05, 3.63) is 27.7 Å². The van der Waals surface area contributed by atoms with Crippen molar-refractivity contribution in [1.82, 2.24) is 9.47 Å². The van der Waals surface area contributed by atoms with Crippen molar-refractivity contribution < 1.29 is 5.11 Å². The fraction of sp³-hybridized carbons (Fsp3) is 0.706. The van der Waals surface area contributed by atoms with Crippen LogP contribution < -0.4 is 5.43 Å². The van der Waals surface area contributed by atoms with Gasteiger partial charge in [-0.25, -0.2) is 0 Å². The van der Waals surface area contributed by atoms with Gasteiger partial charge in [0.1, 0.15) is 0 Å². The first-order valence-electron chi connectivity index (χ1n) is 8.13. The van der Waals surface area contributed by atoms with Crippen molar-refractivity contribution in [1.29, 1.82) is 0 Å². The second kappa shape index (κ2) is 7.12. The fourth-order valence-electron chi connectivity index (χ4n) is 3.01. The van der Waals surface area contributed by atoms with Crippen molar-refractivity contribution in [2.75, 3.05) is 13.1 Å². The normalized spacial score (nSPS) is 16.6. The van der Waals surface area contributed by atoms with Gasteiger partial charge in [-0.1, -0.05) is 20.3 Å². The molecule has 4 nitrogen and oxygen atoms in total. The molecule has 118 valence electrons. The van der Waals surface area contributed by atoms with Gasteiger partial charge in [0.2, 0.25) is 5.43 Å². The van der Waals surface area contributed by atoms with Gasteiger partial charge in [-0.2, -0.15) is 0 Å². The standard InChI is InChI=1S/C17H28N2O2/c1-13(2)7-10-19-14(3)11-16(20)17(21)15(19)12-18-8-5-4-6-9-18/h11,13,21H,4-10,12H2,1-3H3. The lowest BCUT2D eigenvalue weighted by molar-refractivity contribution is 0.211. The highest BCUT2D eigenvalue weighted by molar-refractivity contribution is 5.29. The Balaban J connectivity index is 2.28. The van der Waals surface area contributed by atoms with Crippen LogP contribution in [-0.2, 0) is 13.1 Å². The van der Waals surface area contributed by atoms with E-state index in [2.05, 4.69) is 23.3 Å². The Morgan fingerprint density at radius 3 is 2.52 bits per heavy atom. The summed E-state index contributed by atoms with van der Waals surface area (Å²) in [5.74, 6) is 0.545. The third-order valence-corrected chi connectivity index (χ3v) is 4.35. The van der Waals surface area contributed by atoms with Gasteiger partial charge in [-0.05, 0) is 45.2 Å². The van der Waals surface area contributed by atoms with Gasteiger partial charge in [-0.3, -0.25) is 9.69 Å². The molecule has 0 amide bonds. The van der Waals surface area contributed by atoms with Gasteiger partial charge >= 0.3 is 0 Å². The number of piperidine rings is 1. The number of aromatic nitrogens is 1. The van der Waals surface area contributed by atoms with Crippen LogP contribution in [0.2, 0.25) is 0 Å². The number of rotatable bonds is 5. The lowest BCUT2D eigenvalue weighted by atomic mass is 10.1. The number of nitrogens with zero attached hydrogens (tertiary/aromatic N) is 2. The number of hydrogen-bond acceptors (Lipinski definition) is 3. The highest BCUT2D eigenvalue weighted by Gasteiger charge is 2.18. The second-order valence-electron chi connectivity index (χ2n) is 6.62. The van der Waals surface area contributed by atoms with Crippen LogP contribution >= 0.6 is 0 Å². The summed E-state index contributed by atoms with van der Waals surface area (Å²) in [6.07, 6.45) is 4.76. The first-order valence-corrected chi connectivity index (χ1v) is 8.13. The molecule has 4 heteroatoms. The van der Waals surface area contributed by atoms with Crippen LogP contribution in [0.4, 0.5) is 0 Å². The molecule has 0 radical (unpaired) electrons. The first-order chi connectivity index (χ1) is 9.99. The molecular weight excluding hydrogens is 264 g/mol. The summed E-state index contributed by atoms with van der Waals surface area (Å²) in [6.45, 7) is 10.0. The van der Waals surface area contributed by atoms with E-state index in [1.807, 2.05) is 6.92 Å². The van der Waals surface area contributed by atoms with Crippen LogP contribution in [0.5, 0.6) is 5.75 Å². The average Bonchev–Trinajstić information content (AvgIpc) is 2.45. The lowest BCUT2D eigenvalue weighted by Crippen LogP contribution is -2.31. The number of likely N-dealkylation sites (tertiary alicyclic amines) is 1. The van der Waals surface area contributed by atoms with E-state index in [-0.39, 0.29) is 11.2 Å². The highest BCUT2D eigenvalue weighted by Crippen LogP contribution is 2.20. The summed E-state index contributed by atoms with van der Waals surface area (Å²) < 4.78 is 2.13. The Labute approximate surface area is 127 Å². The molecule has 2 heterocycles. The number of aromatic hydroxyl groups is 1. The molecule has 0 unspecified atom stereocenters. The number of hydrogen-bond donors (Lipinski definition) is 1. The van der Waals surface area contributed by atoms with Gasteiger partial charge < -0.3 is 9.67 Å². The van der Waals surface area contributed by atoms with Crippen LogP contribution in [0, 0.1) is 12.8 Å². The van der Waals surface area contributed by atoms with E-state index in [4.69, 9.17) is 0 Å². The maximum absolute atomic E-state index is 11.9. The van der Waals surface area contributed by atoms with Crippen LogP contribution in [0.15, 0.2) is 10.9 Å². The molecule has 1 aliphatic rings. The van der Waals surface area contributed by atoms with Crippen molar-refractivity contribution in [3.63, 3.8) is 0 Å². The SMILES string of the molecule is Cc1cc(=O)c(O)c(CN2CCCCC2)n1CCC(C)C. The Kier molecular flexibility index (Phi) is 5.45. The minimum atomic E-state index is -0.250. The number of pyridine rings is 1. The maximum Gasteiger partial charge on any atom is 0.223 e. The molecule has 1 aromatic rings. The summed E-state index contributed by atoms with van der Waals surface area (Å²) in [7, 11) is 0. The van der Waals surface area contributed by atoms with E-state index in [0.29, 0.717) is 12.5 Å². The number of aryl methyl sites for hydroxylation is 1. The van der Waals surface area contributed by atoms with E-state index in [1.165, 1.54) is 19.3 Å². The Hall–Kier alpha value is -1.29. The third kappa shape index (κ3) is 4.10. The smallest absolute Gasteiger partial charge is 0.223 e. The van der Waals surface area contributed by atoms with E-state index in [9.17, 15) is 9.90 Å². The lowest BCUT2D eigenvalue weighted by Gasteiger charge is -2.28. The molecule has 0 aliphatic carbocycles. The second-order valence-corrected chi connectivity index (χ2v) is 6.62. The minimum absolute atomic E-state index is 0.0603. The molecule has 2 rings (SSSR count). The van der Waals surface area contributed by atoms with Gasteiger partial charge in [0.05, 0.1) is 5.69 Å². The predicted octanol–water partition coefficient (Wildman–Crippen LogP) is 2.89. The molecule has 0 spiro atoms. The van der Waals surface area contributed by atoms with Gasteiger partial charge in [0.25, 0.3) is 0 Å². The van der Waals surface area contributed by atoms with Gasteiger partial charge in [-0.15, -0.1) is 0 Å². The van der Waals surface area contributed by atoms with Gasteiger partial charge in [0, 0.05) is 24.8 Å². The van der Waals surface area contributed by atoms with Crippen molar-refractivity contribution in [3.8, 4) is 5.75 Å². The van der Waals surface area contributed by atoms with Crippen molar-refractivity contribution >= 4 is 0 Å². The first kappa shape index (κ1) is 16.1. The zero-order valence-electron chi connectivity index (χ0n) is 13.6. The molecular formula is C17H28N2O2. The van der Waals surface area contributed by atoms with E-state index in [1.54, 1.807) is 6.07 Å². The molecule has 0 atom stereocenters. The topological polar surface area (TPSA) is 45.5 Å². The van der Waals surface area contributed by atoms with Crippen molar-refractivity contribution in [2.45, 2.75) is 59.5 Å². The molecule has 1 fully saturated rings. The molecule has 1 saturated heterocycles. The Bertz CT molecular complexity index is 528. The largest absolute Gasteiger partial charge is 0.503 e. The maximum atomic E-state index is 11.9. The summed E-state index contributed by atoms with van der Waals surface area (Å²) in [5.41, 5.74) is 1.49. The van der Waals surface area contributed by atoms with E-state index in [0.717, 1.165) is 37.4 Å². The summed E-state index contributed by atoms with van der Waals surface area (Å²) >= 11 is 0. The molecule has 1 N–H and O–H groups in total. The Morgan fingerprint density at radius 2 is 1.90 bits per heavy atom. The molecule has 0 aromatic carbocycles. The molecule has 0 bridgehead atoms. The summed E-state index contributed by atoms with van der Waals surface area (Å²) in [4.78, 5) is 14.3. The molecule has 1 aromatic heterocycles. The summed E-state index contributed by atoms with van der Waals surface area (Å²) in [5, 5.41) is 10.2. The van der Waals surface area contributed by atoms with Gasteiger partial charge in [0.15, 0.2) is 5.75 Å². The molecule has 0 saturated carbocycles. The minimum Gasteiger partial charge on any atom is -0.503 e. The summed E-state index contributed by atoms with van der Waals surface area (Å²) in [6, 6.07) is 1.55. The highest BCUT2D eigenvalue weighted by atomic mass is 16.3. The van der Waals surface area contributed by atoms with E-state index < -0.39 is 0 Å². The van der Waals surface area contributed by atoms with Crippen LogP contribution in [0.3, 0.4) is 0 Å². The fourth-order valence-corrected chi connectivity index (χ4v) is 3.01. The average molecular weight is 292 g/mol. The quantitative estimate of drug-likeness (QED) is 0.907. The predicted molar refractivity (Wildman–Crippen MR) is 85.7 cm³/mol. The van der Waals surface area contributed by atoms with Crippen LogP contribution in [0.1, 0.15) is 50.9 Å². The van der Waals surface area contributed by atoms with Crippen LogP contribution in [0.25, 0.3) is 0 Å². The zero-order valence-corrected chi connectivity index (χ0v) is 13.6. The monoisotopic (exact) mass is 292 g/mol. The third-order valence-electron chi connectivity index (χ3n) is 4.35. The van der Waals surface area contributed by atoms with Crippen molar-refractivity contribution in [2.24, 2.45) is 5.92 Å².